The number of rotatable bonds is 2. The van der Waals surface area contributed by atoms with Crippen molar-refractivity contribution in [1.82, 2.24) is 0 Å². The van der Waals surface area contributed by atoms with E-state index in [4.69, 9.17) is 11.6 Å². The largest absolute Gasteiger partial charge is 0.387 e. The van der Waals surface area contributed by atoms with E-state index in [1.807, 2.05) is 36.4 Å². The van der Waals surface area contributed by atoms with Crippen molar-refractivity contribution >= 4 is 38.3 Å². The van der Waals surface area contributed by atoms with Crippen LogP contribution in [-0.4, -0.2) is 11.0 Å². The third-order valence-electron chi connectivity index (χ3n) is 2.41. The minimum atomic E-state index is -0.607. The zero-order chi connectivity index (χ0) is 10.8. The molecule has 0 aromatic heterocycles. The summed E-state index contributed by atoms with van der Waals surface area (Å²) in [6.07, 6.45) is -0.607. The molecule has 15 heavy (non-hydrogen) atoms. The summed E-state index contributed by atoms with van der Waals surface area (Å²) < 4.78 is 1.03. The quantitative estimate of drug-likeness (QED) is 0.830. The molecule has 78 valence electrons. The molecule has 2 aromatic rings. The number of hydrogen-bond acceptors (Lipinski definition) is 1. The van der Waals surface area contributed by atoms with Crippen LogP contribution < -0.4 is 0 Å². The SMILES string of the molecule is O[C@H](CCl)c1ccc(Br)c2ccccc12. The molecule has 0 aliphatic rings. The lowest BCUT2D eigenvalue weighted by Gasteiger charge is -2.11. The van der Waals surface area contributed by atoms with Crippen molar-refractivity contribution in [3.8, 4) is 0 Å². The highest BCUT2D eigenvalue weighted by molar-refractivity contribution is 9.10. The van der Waals surface area contributed by atoms with Crippen LogP contribution in [0.3, 0.4) is 0 Å². The number of fused-ring (bicyclic) bond motifs is 1. The second kappa shape index (κ2) is 4.52. The predicted molar refractivity (Wildman–Crippen MR) is 67.3 cm³/mol. The second-order valence-electron chi connectivity index (χ2n) is 3.35. The second-order valence-corrected chi connectivity index (χ2v) is 4.52. The first-order valence-electron chi connectivity index (χ1n) is 4.65. The van der Waals surface area contributed by atoms with Gasteiger partial charge in [0.25, 0.3) is 0 Å². The van der Waals surface area contributed by atoms with Gasteiger partial charge in [-0.3, -0.25) is 0 Å². The van der Waals surface area contributed by atoms with Gasteiger partial charge in [-0.1, -0.05) is 46.3 Å². The maximum absolute atomic E-state index is 9.77. The summed E-state index contributed by atoms with van der Waals surface area (Å²) in [5, 5.41) is 11.9. The molecule has 0 unspecified atom stereocenters. The van der Waals surface area contributed by atoms with Gasteiger partial charge in [0.2, 0.25) is 0 Å². The Balaban J connectivity index is 2.71. The number of benzene rings is 2. The first-order valence-corrected chi connectivity index (χ1v) is 5.98. The third-order valence-corrected chi connectivity index (χ3v) is 3.39. The molecular weight excluding hydrogens is 275 g/mol. The van der Waals surface area contributed by atoms with Gasteiger partial charge in [-0.25, -0.2) is 0 Å². The van der Waals surface area contributed by atoms with E-state index in [2.05, 4.69) is 15.9 Å². The van der Waals surface area contributed by atoms with Crippen LogP contribution in [-0.2, 0) is 0 Å². The zero-order valence-electron chi connectivity index (χ0n) is 7.95. The molecule has 2 rings (SSSR count). The molecule has 2 aromatic carbocycles. The number of halogens is 2. The lowest BCUT2D eigenvalue weighted by Crippen LogP contribution is -1.99. The molecular formula is C12H10BrClO. The van der Waals surface area contributed by atoms with E-state index in [0.717, 1.165) is 20.8 Å². The van der Waals surface area contributed by atoms with Gasteiger partial charge in [-0.2, -0.15) is 0 Å². The fourth-order valence-electron chi connectivity index (χ4n) is 1.66. The first-order chi connectivity index (χ1) is 7.24. The first kappa shape index (κ1) is 10.9. The van der Waals surface area contributed by atoms with Crippen LogP contribution in [0.25, 0.3) is 10.8 Å². The molecule has 3 heteroatoms. The molecule has 1 nitrogen and oxygen atoms in total. The summed E-state index contributed by atoms with van der Waals surface area (Å²) in [6, 6.07) is 11.8. The normalized spacial score (nSPS) is 13.0. The van der Waals surface area contributed by atoms with Crippen LogP contribution in [0.2, 0.25) is 0 Å². The number of hydrogen-bond donors (Lipinski definition) is 1. The molecule has 1 N–H and O–H groups in total. The van der Waals surface area contributed by atoms with Crippen LogP contribution in [0, 0.1) is 0 Å². The van der Waals surface area contributed by atoms with Crippen molar-refractivity contribution in [3.05, 3.63) is 46.4 Å². The van der Waals surface area contributed by atoms with Gasteiger partial charge < -0.3 is 5.11 Å². The molecule has 0 aliphatic carbocycles. The van der Waals surface area contributed by atoms with Crippen molar-refractivity contribution < 1.29 is 5.11 Å². The standard InChI is InChI=1S/C12H10BrClO/c13-11-6-5-10(12(15)7-14)8-3-1-2-4-9(8)11/h1-6,12,15H,7H2/t12-/m1/s1. The Kier molecular flexibility index (Phi) is 3.29. The van der Waals surface area contributed by atoms with E-state index in [9.17, 15) is 5.11 Å². The van der Waals surface area contributed by atoms with Crippen LogP contribution in [0.1, 0.15) is 11.7 Å². The zero-order valence-corrected chi connectivity index (χ0v) is 10.3. The number of aliphatic hydroxyl groups excluding tert-OH is 1. The molecule has 0 bridgehead atoms. The van der Waals surface area contributed by atoms with Gasteiger partial charge in [0.15, 0.2) is 0 Å². The van der Waals surface area contributed by atoms with Gasteiger partial charge in [-0.05, 0) is 22.4 Å². The van der Waals surface area contributed by atoms with E-state index < -0.39 is 6.10 Å². The van der Waals surface area contributed by atoms with Crippen LogP contribution in [0.4, 0.5) is 0 Å². The highest BCUT2D eigenvalue weighted by atomic mass is 79.9. The molecule has 0 fully saturated rings. The summed E-state index contributed by atoms with van der Waals surface area (Å²) in [7, 11) is 0. The topological polar surface area (TPSA) is 20.2 Å². The Morgan fingerprint density at radius 3 is 2.47 bits per heavy atom. The predicted octanol–water partition coefficient (Wildman–Crippen LogP) is 3.87. The maximum Gasteiger partial charge on any atom is 0.0931 e. The summed E-state index contributed by atoms with van der Waals surface area (Å²) in [5.74, 6) is 0.214. The molecule has 0 spiro atoms. The van der Waals surface area contributed by atoms with Crippen LogP contribution in [0.15, 0.2) is 40.9 Å². The molecule has 0 aliphatic heterocycles. The Morgan fingerprint density at radius 2 is 1.80 bits per heavy atom. The van der Waals surface area contributed by atoms with E-state index in [1.165, 1.54) is 0 Å². The van der Waals surface area contributed by atoms with E-state index in [0.29, 0.717) is 0 Å². The van der Waals surface area contributed by atoms with Crippen LogP contribution in [0.5, 0.6) is 0 Å². The number of aliphatic hydroxyl groups is 1. The van der Waals surface area contributed by atoms with Crippen molar-refractivity contribution in [2.45, 2.75) is 6.10 Å². The van der Waals surface area contributed by atoms with Crippen molar-refractivity contribution in [3.63, 3.8) is 0 Å². The molecule has 0 amide bonds. The Morgan fingerprint density at radius 1 is 1.13 bits per heavy atom. The van der Waals surface area contributed by atoms with Gasteiger partial charge >= 0.3 is 0 Å². The highest BCUT2D eigenvalue weighted by Gasteiger charge is 2.10. The maximum atomic E-state index is 9.77. The highest BCUT2D eigenvalue weighted by Crippen LogP contribution is 2.30. The molecule has 0 radical (unpaired) electrons. The van der Waals surface area contributed by atoms with Gasteiger partial charge in [0, 0.05) is 4.47 Å². The van der Waals surface area contributed by atoms with Gasteiger partial charge in [0.1, 0.15) is 0 Å². The summed E-state index contributed by atoms with van der Waals surface area (Å²) in [5.41, 5.74) is 0.879. The third kappa shape index (κ3) is 2.03. The Hall–Kier alpha value is -0.570. The molecule has 1 atom stereocenters. The van der Waals surface area contributed by atoms with Crippen LogP contribution >= 0.6 is 27.5 Å². The summed E-state index contributed by atoms with van der Waals surface area (Å²) in [6.45, 7) is 0. The van der Waals surface area contributed by atoms with E-state index in [-0.39, 0.29) is 5.88 Å². The summed E-state index contributed by atoms with van der Waals surface area (Å²) in [4.78, 5) is 0. The Bertz CT molecular complexity index is 484. The summed E-state index contributed by atoms with van der Waals surface area (Å²) >= 11 is 9.15. The molecule has 0 saturated carbocycles. The smallest absolute Gasteiger partial charge is 0.0931 e. The van der Waals surface area contributed by atoms with E-state index >= 15 is 0 Å². The number of alkyl halides is 1. The average Bonchev–Trinajstić information content (AvgIpc) is 2.29. The van der Waals surface area contributed by atoms with Crippen molar-refractivity contribution in [2.75, 3.05) is 5.88 Å². The molecule has 0 heterocycles. The van der Waals surface area contributed by atoms with E-state index in [1.54, 1.807) is 0 Å². The van der Waals surface area contributed by atoms with Crippen molar-refractivity contribution in [1.29, 1.82) is 0 Å². The van der Waals surface area contributed by atoms with Gasteiger partial charge in [0.05, 0.1) is 12.0 Å². The fraction of sp³-hybridized carbons (Fsp3) is 0.167. The van der Waals surface area contributed by atoms with Gasteiger partial charge in [-0.15, -0.1) is 11.6 Å². The average molecular weight is 286 g/mol. The fourth-order valence-corrected chi connectivity index (χ4v) is 2.30. The minimum absolute atomic E-state index is 0.214. The van der Waals surface area contributed by atoms with Crippen molar-refractivity contribution in [2.24, 2.45) is 0 Å². The monoisotopic (exact) mass is 284 g/mol. The molecule has 0 saturated heterocycles. The lowest BCUT2D eigenvalue weighted by molar-refractivity contribution is 0.204. The minimum Gasteiger partial charge on any atom is -0.387 e. The Labute approximate surface area is 102 Å². The lowest BCUT2D eigenvalue weighted by atomic mass is 10.0.